The van der Waals surface area contributed by atoms with Gasteiger partial charge < -0.3 is 52.1 Å². The van der Waals surface area contributed by atoms with E-state index in [0.29, 0.717) is 26.4 Å². The smallest absolute Gasteiger partial charge is 0.187 e. The second-order valence-electron chi connectivity index (χ2n) is 18.2. The van der Waals surface area contributed by atoms with E-state index in [-0.39, 0.29) is 33.0 Å². The zero-order valence-corrected chi connectivity index (χ0v) is 41.3. The van der Waals surface area contributed by atoms with Gasteiger partial charge in [-0.1, -0.05) is 212 Å². The molecule has 73 heavy (non-hydrogen) atoms. The zero-order chi connectivity index (χ0) is 49.7. The molecular formula is C62H66O11. The fourth-order valence-electron chi connectivity index (χ4n) is 9.14. The lowest BCUT2D eigenvalue weighted by Gasteiger charge is -2.48. The third-order valence-corrected chi connectivity index (χ3v) is 12.9. The first-order valence-corrected chi connectivity index (χ1v) is 25.2. The molecule has 0 N–H and O–H groups in total. The van der Waals surface area contributed by atoms with Crippen molar-refractivity contribution in [3.63, 3.8) is 0 Å². The molecule has 2 aliphatic heterocycles. The van der Waals surface area contributed by atoms with Gasteiger partial charge in [-0.3, -0.25) is 0 Å². The lowest BCUT2D eigenvalue weighted by Crippen LogP contribution is -2.64. The Hall–Kier alpha value is -5.90. The van der Waals surface area contributed by atoms with E-state index in [9.17, 15) is 0 Å². The van der Waals surface area contributed by atoms with Crippen molar-refractivity contribution < 1.29 is 52.1 Å². The summed E-state index contributed by atoms with van der Waals surface area (Å²) in [5.41, 5.74) is 7.00. The van der Waals surface area contributed by atoms with Crippen LogP contribution in [0.3, 0.4) is 0 Å². The van der Waals surface area contributed by atoms with E-state index >= 15 is 0 Å². The summed E-state index contributed by atoms with van der Waals surface area (Å²) in [5.74, 6) is 0. The third-order valence-electron chi connectivity index (χ3n) is 12.9. The fourth-order valence-corrected chi connectivity index (χ4v) is 9.14. The standard InChI is InChI=1S/C62H66O11/c1-63-61-59(69-42-51-33-19-7-20-34-51)57(67-40-49-29-15-5-16-30-49)56(66-39-48-27-13-4-14-28-48)54(72-61)45-71-62-60(70-43-52-35-21-8-22-36-52)58(68-41-50-31-17-6-18-32-50)55(65-38-47-25-11-3-12-26-47)53(73-62)44-64-37-46-23-9-2-10-24-46/h2-36,53-62H,37-45H2,1H3/t53?,54?,55-,56+,57?,58?,59?,60?,61-,62-/m0/s1. The minimum atomic E-state index is -0.999. The Morgan fingerprint density at radius 2 is 0.534 bits per heavy atom. The van der Waals surface area contributed by atoms with Gasteiger partial charge in [0.2, 0.25) is 0 Å². The fraction of sp³-hybridized carbons (Fsp3) is 0.323. The first-order chi connectivity index (χ1) is 36.2. The van der Waals surface area contributed by atoms with Gasteiger partial charge in [-0.25, -0.2) is 0 Å². The van der Waals surface area contributed by atoms with Crippen LogP contribution in [0.1, 0.15) is 38.9 Å². The molecular weight excluding hydrogens is 921 g/mol. The second kappa shape index (κ2) is 28.0. The van der Waals surface area contributed by atoms with Crippen molar-refractivity contribution in [3.05, 3.63) is 251 Å². The number of hydrogen-bond donors (Lipinski definition) is 0. The highest BCUT2D eigenvalue weighted by atomic mass is 16.7. The van der Waals surface area contributed by atoms with Gasteiger partial charge in [0, 0.05) is 7.11 Å². The summed E-state index contributed by atoms with van der Waals surface area (Å²) in [7, 11) is 1.61. The summed E-state index contributed by atoms with van der Waals surface area (Å²) >= 11 is 0. The quantitative estimate of drug-likeness (QED) is 0.0518. The van der Waals surface area contributed by atoms with E-state index in [1.165, 1.54) is 0 Å². The number of benzene rings is 7. The zero-order valence-electron chi connectivity index (χ0n) is 41.3. The summed E-state index contributed by atoms with van der Waals surface area (Å²) in [6.07, 6.45) is -7.47. The van der Waals surface area contributed by atoms with Crippen LogP contribution in [-0.2, 0) is 98.4 Å². The third kappa shape index (κ3) is 15.3. The summed E-state index contributed by atoms with van der Waals surface area (Å²) in [6, 6.07) is 70.4. The Labute approximate surface area is 429 Å². The lowest BCUT2D eigenvalue weighted by atomic mass is 9.96. The van der Waals surface area contributed by atoms with Crippen LogP contribution in [0, 0.1) is 0 Å². The largest absolute Gasteiger partial charge is 0.374 e. The molecule has 7 aromatic carbocycles. The van der Waals surface area contributed by atoms with Gasteiger partial charge in [-0.05, 0) is 38.9 Å². The van der Waals surface area contributed by atoms with Crippen molar-refractivity contribution in [2.75, 3.05) is 20.3 Å². The predicted molar refractivity (Wildman–Crippen MR) is 276 cm³/mol. The minimum Gasteiger partial charge on any atom is -0.374 e. The van der Waals surface area contributed by atoms with Crippen molar-refractivity contribution in [2.45, 2.75) is 108 Å². The summed E-state index contributed by atoms with van der Waals surface area (Å²) < 4.78 is 75.2. The summed E-state index contributed by atoms with van der Waals surface area (Å²) in [4.78, 5) is 0. The minimum absolute atomic E-state index is 0.00960. The van der Waals surface area contributed by atoms with Crippen LogP contribution < -0.4 is 0 Å². The number of methoxy groups -OCH3 is 1. The number of hydrogen-bond acceptors (Lipinski definition) is 11. The van der Waals surface area contributed by atoms with Crippen LogP contribution in [0.4, 0.5) is 0 Å². The Morgan fingerprint density at radius 3 is 0.863 bits per heavy atom. The van der Waals surface area contributed by atoms with Crippen LogP contribution in [0.2, 0.25) is 0 Å². The molecule has 10 atom stereocenters. The molecule has 0 amide bonds. The highest BCUT2D eigenvalue weighted by molar-refractivity contribution is 5.19. The maximum absolute atomic E-state index is 7.10. The molecule has 2 heterocycles. The molecule has 380 valence electrons. The van der Waals surface area contributed by atoms with Crippen LogP contribution in [0.15, 0.2) is 212 Å². The molecule has 0 aromatic heterocycles. The van der Waals surface area contributed by atoms with Crippen molar-refractivity contribution in [1.29, 1.82) is 0 Å². The average Bonchev–Trinajstić information content (AvgIpc) is 3.45. The summed E-state index contributed by atoms with van der Waals surface area (Å²) in [5, 5.41) is 0. The summed E-state index contributed by atoms with van der Waals surface area (Å²) in [6.45, 7) is 2.25. The Balaban J connectivity index is 1.05. The van der Waals surface area contributed by atoms with E-state index < -0.39 is 61.4 Å². The van der Waals surface area contributed by atoms with Crippen molar-refractivity contribution in [3.8, 4) is 0 Å². The maximum atomic E-state index is 7.10. The molecule has 2 saturated heterocycles. The Bertz CT molecular complexity index is 2560. The van der Waals surface area contributed by atoms with Crippen LogP contribution in [0.25, 0.3) is 0 Å². The number of ether oxygens (including phenoxy) is 11. The van der Waals surface area contributed by atoms with Gasteiger partial charge in [-0.15, -0.1) is 0 Å². The molecule has 11 heteroatoms. The molecule has 7 aromatic rings. The topological polar surface area (TPSA) is 102 Å². The van der Waals surface area contributed by atoms with Crippen molar-refractivity contribution in [1.82, 2.24) is 0 Å². The second-order valence-corrected chi connectivity index (χ2v) is 18.2. The van der Waals surface area contributed by atoms with E-state index in [0.717, 1.165) is 38.9 Å². The van der Waals surface area contributed by atoms with Crippen LogP contribution >= 0.6 is 0 Å². The molecule has 0 bridgehead atoms. The molecule has 2 fully saturated rings. The molecule has 2 aliphatic rings. The van der Waals surface area contributed by atoms with Gasteiger partial charge in [0.1, 0.15) is 48.8 Å². The van der Waals surface area contributed by atoms with Gasteiger partial charge in [0.05, 0.1) is 59.5 Å². The molecule has 9 rings (SSSR count). The highest BCUT2D eigenvalue weighted by Crippen LogP contribution is 2.35. The lowest BCUT2D eigenvalue weighted by molar-refractivity contribution is -0.351. The van der Waals surface area contributed by atoms with E-state index in [2.05, 4.69) is 0 Å². The Morgan fingerprint density at radius 1 is 0.274 bits per heavy atom. The molecule has 0 spiro atoms. The molecule has 0 radical (unpaired) electrons. The molecule has 0 saturated carbocycles. The van der Waals surface area contributed by atoms with Gasteiger partial charge in [0.25, 0.3) is 0 Å². The average molecular weight is 987 g/mol. The van der Waals surface area contributed by atoms with Gasteiger partial charge in [-0.2, -0.15) is 0 Å². The van der Waals surface area contributed by atoms with Crippen LogP contribution in [0.5, 0.6) is 0 Å². The molecule has 11 nitrogen and oxygen atoms in total. The first-order valence-electron chi connectivity index (χ1n) is 25.2. The maximum Gasteiger partial charge on any atom is 0.187 e. The first kappa shape index (κ1) is 52.0. The van der Waals surface area contributed by atoms with E-state index in [1.54, 1.807) is 7.11 Å². The Kier molecular flexibility index (Phi) is 19.9. The normalized spacial score (nSPS) is 24.0. The SMILES string of the molecule is CO[C@H]1OC(CO[C@H]2OC(COCc3ccccc3)[C@H](OCc3ccccc3)C(OCc3ccccc3)C2OCc2ccccc2)[C@@H](OCc2ccccc2)C(OCc2ccccc2)C1OCc1ccccc1. The predicted octanol–water partition coefficient (Wildman–Crippen LogP) is 10.8. The van der Waals surface area contributed by atoms with E-state index in [4.69, 9.17) is 52.1 Å². The van der Waals surface area contributed by atoms with Crippen LogP contribution in [-0.4, -0.2) is 81.7 Å². The monoisotopic (exact) mass is 986 g/mol. The van der Waals surface area contributed by atoms with Gasteiger partial charge >= 0.3 is 0 Å². The van der Waals surface area contributed by atoms with Crippen molar-refractivity contribution in [2.24, 2.45) is 0 Å². The van der Waals surface area contributed by atoms with Crippen molar-refractivity contribution >= 4 is 0 Å². The number of rotatable bonds is 26. The molecule has 0 aliphatic carbocycles. The highest BCUT2D eigenvalue weighted by Gasteiger charge is 2.52. The molecule has 6 unspecified atom stereocenters. The van der Waals surface area contributed by atoms with Gasteiger partial charge in [0.15, 0.2) is 12.6 Å². The van der Waals surface area contributed by atoms with E-state index in [1.807, 2.05) is 212 Å².